The maximum Gasteiger partial charge on any atom is 0.254 e. The Hall–Kier alpha value is -2.17. The summed E-state index contributed by atoms with van der Waals surface area (Å²) in [5.41, 5.74) is 3.80. The van der Waals surface area contributed by atoms with Gasteiger partial charge in [0.05, 0.1) is 31.9 Å². The van der Waals surface area contributed by atoms with Gasteiger partial charge in [0.1, 0.15) is 6.10 Å². The number of nitrogens with zero attached hydrogens (tertiary/aromatic N) is 1. The molecule has 0 aromatic heterocycles. The van der Waals surface area contributed by atoms with Crippen LogP contribution in [0.4, 0.5) is 0 Å². The van der Waals surface area contributed by atoms with Gasteiger partial charge >= 0.3 is 0 Å². The predicted octanol–water partition coefficient (Wildman–Crippen LogP) is 3.71. The van der Waals surface area contributed by atoms with Crippen LogP contribution in [0.3, 0.4) is 0 Å². The molecule has 2 heterocycles. The number of carbonyl (C=O) groups is 1. The average Bonchev–Trinajstić information content (AvgIpc) is 3.09. The van der Waals surface area contributed by atoms with Gasteiger partial charge in [0.25, 0.3) is 5.91 Å². The predicted molar refractivity (Wildman–Crippen MR) is 95.2 cm³/mol. The Balaban J connectivity index is 1.61. The fourth-order valence-electron chi connectivity index (χ4n) is 3.54. The molecule has 1 saturated heterocycles. The Morgan fingerprint density at radius 2 is 1.84 bits per heavy atom. The minimum Gasteiger partial charge on any atom is -0.372 e. The summed E-state index contributed by atoms with van der Waals surface area (Å²) in [5.74, 6) is 0.0592. The van der Waals surface area contributed by atoms with Gasteiger partial charge in [-0.05, 0) is 42.7 Å². The third kappa shape index (κ3) is 3.08. The number of amides is 1. The highest BCUT2D eigenvalue weighted by Gasteiger charge is 2.39. The van der Waals surface area contributed by atoms with Gasteiger partial charge in [-0.1, -0.05) is 36.4 Å². The topological polar surface area (TPSA) is 38.8 Å². The summed E-state index contributed by atoms with van der Waals surface area (Å²) >= 11 is 0. The molecule has 0 unspecified atom stereocenters. The molecular formula is C21H23NO3. The van der Waals surface area contributed by atoms with Crippen LogP contribution in [0.15, 0.2) is 48.5 Å². The lowest BCUT2D eigenvalue weighted by Crippen LogP contribution is -2.56. The molecule has 1 atom stereocenters. The van der Waals surface area contributed by atoms with Gasteiger partial charge in [-0.25, -0.2) is 0 Å². The van der Waals surface area contributed by atoms with Crippen molar-refractivity contribution in [2.45, 2.75) is 38.7 Å². The number of hydrogen-bond acceptors (Lipinski definition) is 3. The third-order valence-electron chi connectivity index (χ3n) is 5.10. The second kappa shape index (κ2) is 6.28. The normalized spacial score (nSPS) is 21.8. The van der Waals surface area contributed by atoms with Crippen LogP contribution in [-0.2, 0) is 22.7 Å². The third-order valence-corrected chi connectivity index (χ3v) is 5.10. The molecule has 0 aliphatic carbocycles. The lowest BCUT2D eigenvalue weighted by molar-refractivity contribution is -0.0846. The molecule has 0 N–H and O–H groups in total. The Kier molecular flexibility index (Phi) is 4.10. The van der Waals surface area contributed by atoms with Gasteiger partial charge in [0.15, 0.2) is 0 Å². The van der Waals surface area contributed by atoms with Gasteiger partial charge in [-0.15, -0.1) is 0 Å². The van der Waals surface area contributed by atoms with E-state index >= 15 is 0 Å². The van der Waals surface area contributed by atoms with Crippen molar-refractivity contribution in [2.24, 2.45) is 0 Å². The minimum absolute atomic E-state index is 0.0592. The number of morpholine rings is 1. The Labute approximate surface area is 148 Å². The van der Waals surface area contributed by atoms with Crippen molar-refractivity contribution in [1.82, 2.24) is 4.90 Å². The summed E-state index contributed by atoms with van der Waals surface area (Å²) in [6.45, 7) is 6.43. The maximum absolute atomic E-state index is 13.2. The molecule has 2 aliphatic rings. The number of benzene rings is 2. The highest BCUT2D eigenvalue weighted by molar-refractivity contribution is 5.95. The number of hydrogen-bond donors (Lipinski definition) is 0. The van der Waals surface area contributed by atoms with E-state index in [1.54, 1.807) is 0 Å². The Morgan fingerprint density at radius 1 is 1.08 bits per heavy atom. The Bertz CT molecular complexity index is 785. The average molecular weight is 337 g/mol. The van der Waals surface area contributed by atoms with Gasteiger partial charge in [0.2, 0.25) is 0 Å². The monoisotopic (exact) mass is 337 g/mol. The first-order valence-electron chi connectivity index (χ1n) is 8.73. The van der Waals surface area contributed by atoms with Crippen molar-refractivity contribution in [3.8, 4) is 0 Å². The van der Waals surface area contributed by atoms with Gasteiger partial charge < -0.3 is 14.4 Å². The van der Waals surface area contributed by atoms with Crippen molar-refractivity contribution in [2.75, 3.05) is 13.2 Å². The smallest absolute Gasteiger partial charge is 0.254 e. The Morgan fingerprint density at radius 3 is 2.64 bits per heavy atom. The van der Waals surface area contributed by atoms with E-state index in [9.17, 15) is 4.79 Å². The first-order valence-corrected chi connectivity index (χ1v) is 8.73. The highest BCUT2D eigenvalue weighted by Crippen LogP contribution is 2.32. The van der Waals surface area contributed by atoms with Crippen molar-refractivity contribution in [1.29, 1.82) is 0 Å². The van der Waals surface area contributed by atoms with Gasteiger partial charge in [-0.2, -0.15) is 0 Å². The highest BCUT2D eigenvalue weighted by atomic mass is 16.5. The molecule has 0 bridgehead atoms. The van der Waals surface area contributed by atoms with Gasteiger partial charge in [-0.3, -0.25) is 4.79 Å². The first kappa shape index (κ1) is 16.3. The molecule has 4 rings (SSSR count). The van der Waals surface area contributed by atoms with Crippen LogP contribution < -0.4 is 0 Å². The number of ether oxygens (including phenoxy) is 2. The van der Waals surface area contributed by atoms with E-state index in [0.717, 1.165) is 16.7 Å². The summed E-state index contributed by atoms with van der Waals surface area (Å²) in [6, 6.07) is 16.0. The first-order chi connectivity index (χ1) is 12.0. The molecule has 130 valence electrons. The fraction of sp³-hybridized carbons (Fsp3) is 0.381. The standard InChI is InChI=1S/C21H23NO3/c1-21(2)14-25-19(15-6-4-3-5-7-15)11-22(21)20(23)16-8-9-17-12-24-13-18(17)10-16/h3-10,19H,11-14H2,1-2H3/t19-/m0/s1. The molecule has 4 nitrogen and oxygen atoms in total. The van der Waals surface area contributed by atoms with Crippen molar-refractivity contribution >= 4 is 5.91 Å². The summed E-state index contributed by atoms with van der Waals surface area (Å²) in [6.07, 6.45) is -0.0871. The second-order valence-electron chi connectivity index (χ2n) is 7.41. The lowest BCUT2D eigenvalue weighted by Gasteiger charge is -2.45. The van der Waals surface area contributed by atoms with E-state index in [2.05, 4.69) is 26.0 Å². The van der Waals surface area contributed by atoms with Crippen LogP contribution >= 0.6 is 0 Å². The van der Waals surface area contributed by atoms with E-state index in [0.29, 0.717) is 26.4 Å². The SMILES string of the molecule is CC1(C)CO[C@H](c2ccccc2)CN1C(=O)c1ccc2c(c1)COC2. The zero-order valence-corrected chi connectivity index (χ0v) is 14.7. The summed E-state index contributed by atoms with van der Waals surface area (Å²) < 4.78 is 11.5. The van der Waals surface area contributed by atoms with Crippen molar-refractivity contribution in [3.05, 3.63) is 70.8 Å². The van der Waals surface area contributed by atoms with Crippen LogP contribution in [0.1, 0.15) is 47.0 Å². The molecule has 4 heteroatoms. The summed E-state index contributed by atoms with van der Waals surface area (Å²) in [7, 11) is 0. The molecule has 2 aromatic rings. The quantitative estimate of drug-likeness (QED) is 0.838. The number of carbonyl (C=O) groups excluding carboxylic acids is 1. The molecule has 25 heavy (non-hydrogen) atoms. The van der Waals surface area contributed by atoms with Crippen LogP contribution in [0.25, 0.3) is 0 Å². The second-order valence-corrected chi connectivity index (χ2v) is 7.41. The van der Waals surface area contributed by atoms with E-state index in [-0.39, 0.29) is 17.6 Å². The van der Waals surface area contributed by atoms with E-state index in [1.807, 2.05) is 41.3 Å². The van der Waals surface area contributed by atoms with Crippen LogP contribution in [0.2, 0.25) is 0 Å². The van der Waals surface area contributed by atoms with E-state index in [1.165, 1.54) is 5.56 Å². The zero-order valence-electron chi connectivity index (χ0n) is 14.7. The zero-order chi connectivity index (χ0) is 17.4. The summed E-state index contributed by atoms with van der Waals surface area (Å²) in [5, 5.41) is 0. The minimum atomic E-state index is -0.335. The molecule has 0 spiro atoms. The van der Waals surface area contributed by atoms with E-state index in [4.69, 9.17) is 9.47 Å². The molecular weight excluding hydrogens is 314 g/mol. The lowest BCUT2D eigenvalue weighted by atomic mass is 9.96. The number of rotatable bonds is 2. The van der Waals surface area contributed by atoms with E-state index < -0.39 is 0 Å². The molecule has 1 amide bonds. The van der Waals surface area contributed by atoms with Crippen LogP contribution in [0.5, 0.6) is 0 Å². The molecule has 1 fully saturated rings. The maximum atomic E-state index is 13.2. The number of fused-ring (bicyclic) bond motifs is 1. The fourth-order valence-corrected chi connectivity index (χ4v) is 3.54. The molecule has 0 radical (unpaired) electrons. The largest absolute Gasteiger partial charge is 0.372 e. The molecule has 2 aliphatic heterocycles. The summed E-state index contributed by atoms with van der Waals surface area (Å²) in [4.78, 5) is 15.2. The van der Waals surface area contributed by atoms with Crippen LogP contribution in [0, 0.1) is 0 Å². The molecule has 0 saturated carbocycles. The van der Waals surface area contributed by atoms with Crippen molar-refractivity contribution < 1.29 is 14.3 Å². The molecule has 2 aromatic carbocycles. The van der Waals surface area contributed by atoms with Gasteiger partial charge in [0, 0.05) is 5.56 Å². The van der Waals surface area contributed by atoms with Crippen molar-refractivity contribution in [3.63, 3.8) is 0 Å². The van der Waals surface area contributed by atoms with Crippen LogP contribution in [-0.4, -0.2) is 29.5 Å².